The zero-order chi connectivity index (χ0) is 24.5. The summed E-state index contributed by atoms with van der Waals surface area (Å²) in [6, 6.07) is 10.5. The van der Waals surface area contributed by atoms with Crippen molar-refractivity contribution in [1.82, 2.24) is 8.87 Å². The van der Waals surface area contributed by atoms with Gasteiger partial charge in [0, 0.05) is 37.8 Å². The number of carbonyl (C=O) groups excluding carboxylic acids is 1. The molecular formula is C25H31N3O5S. The molecule has 1 N–H and O–H groups in total. The molecule has 1 aromatic heterocycles. The summed E-state index contributed by atoms with van der Waals surface area (Å²) in [5, 5.41) is 2.98. The van der Waals surface area contributed by atoms with E-state index in [0.29, 0.717) is 44.4 Å². The number of aromatic nitrogens is 1. The van der Waals surface area contributed by atoms with Crippen molar-refractivity contribution in [2.24, 2.45) is 5.92 Å². The van der Waals surface area contributed by atoms with Crippen molar-refractivity contribution in [3.8, 4) is 0 Å². The van der Waals surface area contributed by atoms with Crippen molar-refractivity contribution in [3.63, 3.8) is 0 Å². The van der Waals surface area contributed by atoms with E-state index in [1.54, 1.807) is 6.07 Å². The summed E-state index contributed by atoms with van der Waals surface area (Å²) < 4.78 is 34.7. The van der Waals surface area contributed by atoms with E-state index in [2.05, 4.69) is 5.32 Å². The topological polar surface area (TPSA) is 102 Å². The summed E-state index contributed by atoms with van der Waals surface area (Å²) in [4.78, 5) is 24.7. The first-order valence-electron chi connectivity index (χ1n) is 11.7. The van der Waals surface area contributed by atoms with Crippen LogP contribution in [-0.2, 0) is 21.4 Å². The predicted octanol–water partition coefficient (Wildman–Crippen LogP) is 4.05. The summed E-state index contributed by atoms with van der Waals surface area (Å²) in [7, 11) is -3.72. The third-order valence-corrected chi connectivity index (χ3v) is 8.32. The molecule has 0 spiro atoms. The minimum absolute atomic E-state index is 0.0506. The monoisotopic (exact) mass is 485 g/mol. The first-order chi connectivity index (χ1) is 16.2. The lowest BCUT2D eigenvalue weighted by Crippen LogP contribution is -2.39. The third-order valence-electron chi connectivity index (χ3n) is 6.43. The fourth-order valence-corrected chi connectivity index (χ4v) is 6.05. The number of amides is 1. The van der Waals surface area contributed by atoms with Crippen LogP contribution in [-0.4, -0.2) is 36.3 Å². The fraction of sp³-hybridized carbons (Fsp3) is 0.440. The van der Waals surface area contributed by atoms with Crippen LogP contribution in [0.3, 0.4) is 0 Å². The van der Waals surface area contributed by atoms with Gasteiger partial charge >= 0.3 is 5.76 Å². The number of fused-ring (bicyclic) bond motifs is 1. The molecule has 0 atom stereocenters. The lowest BCUT2D eigenvalue weighted by molar-refractivity contribution is -0.117. The molecule has 1 saturated heterocycles. The van der Waals surface area contributed by atoms with Crippen LogP contribution in [0.4, 0.5) is 5.69 Å². The van der Waals surface area contributed by atoms with Crippen molar-refractivity contribution in [1.29, 1.82) is 0 Å². The maximum absolute atomic E-state index is 13.2. The Morgan fingerprint density at radius 3 is 2.53 bits per heavy atom. The van der Waals surface area contributed by atoms with Gasteiger partial charge < -0.3 is 9.73 Å². The number of sulfonamides is 1. The third kappa shape index (κ3) is 4.95. The second kappa shape index (κ2) is 9.76. The molecule has 0 aliphatic carbocycles. The molecular weight excluding hydrogens is 454 g/mol. The molecule has 1 aliphatic heterocycles. The van der Waals surface area contributed by atoms with Crippen molar-refractivity contribution in [2.75, 3.05) is 18.4 Å². The lowest BCUT2D eigenvalue weighted by atomic mass is 9.94. The summed E-state index contributed by atoms with van der Waals surface area (Å²) in [5.41, 5.74) is 3.85. The number of anilines is 1. The number of piperidine rings is 1. The molecule has 3 aromatic rings. The quantitative estimate of drug-likeness (QED) is 0.544. The Balaban J connectivity index is 1.39. The van der Waals surface area contributed by atoms with Gasteiger partial charge in [-0.3, -0.25) is 9.36 Å². The first-order valence-corrected chi connectivity index (χ1v) is 13.1. The smallest absolute Gasteiger partial charge is 0.408 e. The van der Waals surface area contributed by atoms with Crippen molar-refractivity contribution in [2.45, 2.75) is 57.9 Å². The minimum atomic E-state index is -3.72. The van der Waals surface area contributed by atoms with E-state index in [1.807, 2.05) is 39.0 Å². The second-order valence-corrected chi connectivity index (χ2v) is 11.0. The van der Waals surface area contributed by atoms with Crippen LogP contribution in [0.5, 0.6) is 0 Å². The highest BCUT2D eigenvalue weighted by molar-refractivity contribution is 7.89. The molecule has 4 rings (SSSR count). The van der Waals surface area contributed by atoms with E-state index < -0.39 is 15.8 Å². The minimum Gasteiger partial charge on any atom is -0.408 e. The van der Waals surface area contributed by atoms with Crippen LogP contribution in [0, 0.1) is 19.8 Å². The van der Waals surface area contributed by atoms with Gasteiger partial charge in [-0.15, -0.1) is 0 Å². The average Bonchev–Trinajstić information content (AvgIpc) is 3.11. The SMILES string of the molecule is CCCn1c(=O)oc2cc(S(=O)(=O)N3CCC(CC(=O)Nc4ccc(C)cc4C)CC3)ccc21. The molecule has 0 saturated carbocycles. The number of rotatable bonds is 7. The van der Waals surface area contributed by atoms with Gasteiger partial charge in [0.25, 0.3) is 0 Å². The van der Waals surface area contributed by atoms with Gasteiger partial charge in [0.15, 0.2) is 5.58 Å². The maximum Gasteiger partial charge on any atom is 0.419 e. The van der Waals surface area contributed by atoms with Gasteiger partial charge in [-0.25, -0.2) is 13.2 Å². The predicted molar refractivity (Wildman–Crippen MR) is 131 cm³/mol. The van der Waals surface area contributed by atoms with Gasteiger partial charge in [-0.1, -0.05) is 24.6 Å². The van der Waals surface area contributed by atoms with Crippen LogP contribution in [0.1, 0.15) is 43.7 Å². The van der Waals surface area contributed by atoms with Crippen LogP contribution >= 0.6 is 0 Å². The Morgan fingerprint density at radius 1 is 1.12 bits per heavy atom. The highest BCUT2D eigenvalue weighted by Gasteiger charge is 2.31. The van der Waals surface area contributed by atoms with Crippen molar-refractivity contribution < 1.29 is 17.6 Å². The molecule has 0 bridgehead atoms. The molecule has 1 amide bonds. The second-order valence-electron chi connectivity index (χ2n) is 9.07. The number of carbonyl (C=O) groups is 1. The Morgan fingerprint density at radius 2 is 1.85 bits per heavy atom. The summed E-state index contributed by atoms with van der Waals surface area (Å²) >= 11 is 0. The van der Waals surface area contributed by atoms with Crippen LogP contribution in [0.25, 0.3) is 11.1 Å². The van der Waals surface area contributed by atoms with E-state index in [1.165, 1.54) is 21.0 Å². The molecule has 0 unspecified atom stereocenters. The summed E-state index contributed by atoms with van der Waals surface area (Å²) in [6.07, 6.45) is 2.36. The Hall–Kier alpha value is -2.91. The normalized spacial score (nSPS) is 15.6. The number of aryl methyl sites for hydroxylation is 3. The molecule has 2 aromatic carbocycles. The first kappa shape index (κ1) is 24.2. The Labute approximate surface area is 199 Å². The zero-order valence-electron chi connectivity index (χ0n) is 19.8. The van der Waals surface area contributed by atoms with Crippen molar-refractivity contribution in [3.05, 3.63) is 58.1 Å². The summed E-state index contributed by atoms with van der Waals surface area (Å²) in [5.74, 6) is -0.405. The molecule has 9 heteroatoms. The molecule has 8 nitrogen and oxygen atoms in total. The van der Waals surface area contributed by atoms with E-state index in [-0.39, 0.29) is 22.3 Å². The maximum atomic E-state index is 13.2. The zero-order valence-corrected chi connectivity index (χ0v) is 20.7. The molecule has 1 aliphatic rings. The van der Waals surface area contributed by atoms with Crippen LogP contribution in [0.2, 0.25) is 0 Å². The number of nitrogens with one attached hydrogen (secondary N) is 1. The van der Waals surface area contributed by atoms with Gasteiger partial charge in [-0.2, -0.15) is 4.31 Å². The van der Waals surface area contributed by atoms with E-state index in [0.717, 1.165) is 23.2 Å². The van der Waals surface area contributed by atoms with Gasteiger partial charge in [0.2, 0.25) is 15.9 Å². The van der Waals surface area contributed by atoms with E-state index in [4.69, 9.17) is 4.42 Å². The Bertz CT molecular complexity index is 1360. The van der Waals surface area contributed by atoms with Crippen LogP contribution < -0.4 is 11.1 Å². The Kier molecular flexibility index (Phi) is 6.95. The molecule has 2 heterocycles. The highest BCUT2D eigenvalue weighted by Crippen LogP contribution is 2.28. The standard InChI is InChI=1S/C25H31N3O5S/c1-4-11-28-22-8-6-20(16-23(22)33-25(28)30)34(31,32)27-12-9-19(10-13-27)15-24(29)26-21-7-5-17(2)14-18(21)3/h5-8,14,16,19H,4,9-13,15H2,1-3H3,(H,26,29). The van der Waals surface area contributed by atoms with Gasteiger partial charge in [0.05, 0.1) is 10.4 Å². The van der Waals surface area contributed by atoms with E-state index >= 15 is 0 Å². The molecule has 1 fully saturated rings. The highest BCUT2D eigenvalue weighted by atomic mass is 32.2. The number of nitrogens with zero attached hydrogens (tertiary/aromatic N) is 2. The summed E-state index contributed by atoms with van der Waals surface area (Å²) in [6.45, 7) is 7.15. The lowest BCUT2D eigenvalue weighted by Gasteiger charge is -2.31. The molecule has 34 heavy (non-hydrogen) atoms. The number of benzene rings is 2. The molecule has 0 radical (unpaired) electrons. The fourth-order valence-electron chi connectivity index (χ4n) is 4.56. The van der Waals surface area contributed by atoms with Crippen LogP contribution in [0.15, 0.2) is 50.5 Å². The van der Waals surface area contributed by atoms with E-state index in [9.17, 15) is 18.0 Å². The number of hydrogen-bond donors (Lipinski definition) is 1. The van der Waals surface area contributed by atoms with Crippen molar-refractivity contribution >= 4 is 32.7 Å². The molecule has 182 valence electrons. The van der Waals surface area contributed by atoms with Gasteiger partial charge in [-0.05, 0) is 62.8 Å². The van der Waals surface area contributed by atoms with Gasteiger partial charge in [0.1, 0.15) is 0 Å². The average molecular weight is 486 g/mol. The number of oxazole rings is 1. The largest absolute Gasteiger partial charge is 0.419 e. The number of hydrogen-bond acceptors (Lipinski definition) is 5.